The van der Waals surface area contributed by atoms with Crippen molar-refractivity contribution in [3.05, 3.63) is 77.6 Å². The molecule has 2 N–H and O–H groups in total. The van der Waals surface area contributed by atoms with Gasteiger partial charge < -0.3 is 10.6 Å². The predicted molar refractivity (Wildman–Crippen MR) is 116 cm³/mol. The second kappa shape index (κ2) is 7.73. The van der Waals surface area contributed by atoms with E-state index in [-0.39, 0.29) is 5.91 Å². The highest BCUT2D eigenvalue weighted by Gasteiger charge is 2.32. The van der Waals surface area contributed by atoms with Gasteiger partial charge in [0.1, 0.15) is 5.69 Å². The van der Waals surface area contributed by atoms with Gasteiger partial charge in [-0.25, -0.2) is 4.68 Å². The van der Waals surface area contributed by atoms with Crippen LogP contribution in [0.2, 0.25) is 0 Å². The SMILES string of the molecule is Cn1nc(-c2ccc(-c3ccnc(C(F)(F)F)c3)cc2)nc1Nc1ccc2c(c1)CNC2=O. The van der Waals surface area contributed by atoms with Crippen LogP contribution in [-0.2, 0) is 19.8 Å². The molecule has 1 aliphatic heterocycles. The molecule has 0 unspecified atom stereocenters. The minimum atomic E-state index is -4.50. The first kappa shape index (κ1) is 20.7. The average molecular weight is 450 g/mol. The summed E-state index contributed by atoms with van der Waals surface area (Å²) in [7, 11) is 1.75. The van der Waals surface area contributed by atoms with Crippen LogP contribution in [0.1, 0.15) is 21.6 Å². The van der Waals surface area contributed by atoms with Crippen molar-refractivity contribution in [1.29, 1.82) is 0 Å². The van der Waals surface area contributed by atoms with Gasteiger partial charge in [-0.1, -0.05) is 24.3 Å². The van der Waals surface area contributed by atoms with E-state index in [4.69, 9.17) is 0 Å². The highest BCUT2D eigenvalue weighted by Crippen LogP contribution is 2.31. The third kappa shape index (κ3) is 4.02. The van der Waals surface area contributed by atoms with Crippen molar-refractivity contribution in [1.82, 2.24) is 25.1 Å². The first-order chi connectivity index (χ1) is 15.8. The van der Waals surface area contributed by atoms with Gasteiger partial charge in [-0.2, -0.15) is 18.2 Å². The fourth-order valence-corrected chi connectivity index (χ4v) is 3.63. The molecule has 0 saturated carbocycles. The molecule has 2 aromatic heterocycles. The first-order valence-electron chi connectivity index (χ1n) is 10.0. The lowest BCUT2D eigenvalue weighted by atomic mass is 10.0. The molecule has 2 aromatic carbocycles. The second-order valence-corrected chi connectivity index (χ2v) is 7.57. The Labute approximate surface area is 186 Å². The molecule has 166 valence electrons. The standard InChI is InChI=1S/C23H17F3N6O/c1-32-22(29-17-6-7-18-16(10-17)12-28-21(18)33)30-20(31-32)14-4-2-13(3-5-14)15-8-9-27-19(11-15)23(24,25)26/h2-11H,12H2,1H3,(H,28,33)(H,29,30,31). The minimum absolute atomic E-state index is 0.0812. The Kier molecular flexibility index (Phi) is 4.85. The molecule has 7 nitrogen and oxygen atoms in total. The number of rotatable bonds is 4. The third-order valence-corrected chi connectivity index (χ3v) is 5.34. The Balaban J connectivity index is 1.37. The van der Waals surface area contributed by atoms with Crippen molar-refractivity contribution in [2.75, 3.05) is 5.32 Å². The van der Waals surface area contributed by atoms with Gasteiger partial charge >= 0.3 is 6.18 Å². The summed E-state index contributed by atoms with van der Waals surface area (Å²) in [5.74, 6) is 0.896. The number of hydrogen-bond acceptors (Lipinski definition) is 5. The summed E-state index contributed by atoms with van der Waals surface area (Å²) >= 11 is 0. The van der Waals surface area contributed by atoms with Crippen molar-refractivity contribution >= 4 is 17.5 Å². The van der Waals surface area contributed by atoms with E-state index >= 15 is 0 Å². The van der Waals surface area contributed by atoms with Crippen molar-refractivity contribution in [3.63, 3.8) is 0 Å². The van der Waals surface area contributed by atoms with Crippen LogP contribution in [0.4, 0.5) is 24.8 Å². The quantitative estimate of drug-likeness (QED) is 0.477. The molecule has 3 heterocycles. The molecule has 1 amide bonds. The summed E-state index contributed by atoms with van der Waals surface area (Å²) < 4.78 is 40.4. The fraction of sp³-hybridized carbons (Fsp3) is 0.130. The van der Waals surface area contributed by atoms with Gasteiger partial charge in [-0.15, -0.1) is 5.10 Å². The van der Waals surface area contributed by atoms with Gasteiger partial charge in [0.2, 0.25) is 5.95 Å². The molecule has 5 rings (SSSR count). The van der Waals surface area contributed by atoms with E-state index in [0.29, 0.717) is 35.0 Å². The van der Waals surface area contributed by atoms with E-state index in [1.165, 1.54) is 6.07 Å². The highest BCUT2D eigenvalue weighted by atomic mass is 19.4. The van der Waals surface area contributed by atoms with Crippen LogP contribution >= 0.6 is 0 Å². The average Bonchev–Trinajstić information content (AvgIpc) is 3.35. The number of nitrogens with zero attached hydrogens (tertiary/aromatic N) is 4. The topological polar surface area (TPSA) is 84.7 Å². The monoisotopic (exact) mass is 450 g/mol. The molecule has 10 heteroatoms. The molecule has 0 atom stereocenters. The minimum Gasteiger partial charge on any atom is -0.348 e. The van der Waals surface area contributed by atoms with E-state index in [9.17, 15) is 18.0 Å². The molecule has 0 fully saturated rings. The fourth-order valence-electron chi connectivity index (χ4n) is 3.63. The number of pyridine rings is 1. The smallest absolute Gasteiger partial charge is 0.348 e. The van der Waals surface area contributed by atoms with E-state index in [2.05, 4.69) is 25.7 Å². The summed E-state index contributed by atoms with van der Waals surface area (Å²) in [6.45, 7) is 0.488. The van der Waals surface area contributed by atoms with Crippen LogP contribution in [0.15, 0.2) is 60.8 Å². The molecule has 0 radical (unpaired) electrons. The van der Waals surface area contributed by atoms with Crippen LogP contribution < -0.4 is 10.6 Å². The number of nitrogens with one attached hydrogen (secondary N) is 2. The van der Waals surface area contributed by atoms with E-state index in [1.807, 2.05) is 6.07 Å². The number of halogens is 3. The van der Waals surface area contributed by atoms with Crippen LogP contribution in [0.3, 0.4) is 0 Å². The molecule has 0 aliphatic carbocycles. The number of benzene rings is 2. The van der Waals surface area contributed by atoms with Gasteiger partial charge in [0.25, 0.3) is 5.91 Å². The second-order valence-electron chi connectivity index (χ2n) is 7.57. The predicted octanol–water partition coefficient (Wildman–Crippen LogP) is 4.55. The molecular weight excluding hydrogens is 433 g/mol. The highest BCUT2D eigenvalue weighted by molar-refractivity contribution is 5.98. The maximum absolute atomic E-state index is 12.9. The lowest BCUT2D eigenvalue weighted by Gasteiger charge is -2.08. The van der Waals surface area contributed by atoms with Gasteiger partial charge in [-0.3, -0.25) is 9.78 Å². The Morgan fingerprint density at radius 2 is 1.76 bits per heavy atom. The number of aryl methyl sites for hydroxylation is 1. The van der Waals surface area contributed by atoms with E-state index < -0.39 is 11.9 Å². The number of carbonyl (C=O) groups excluding carboxylic acids is 1. The number of amides is 1. The molecule has 0 bridgehead atoms. The van der Waals surface area contributed by atoms with Gasteiger partial charge in [0.15, 0.2) is 5.82 Å². The number of anilines is 2. The summed E-state index contributed by atoms with van der Waals surface area (Å²) in [6.07, 6.45) is -3.35. The Hall–Kier alpha value is -4.21. The Morgan fingerprint density at radius 3 is 2.52 bits per heavy atom. The summed E-state index contributed by atoms with van der Waals surface area (Å²) in [5.41, 5.74) is 3.19. The van der Waals surface area contributed by atoms with E-state index in [0.717, 1.165) is 29.1 Å². The van der Waals surface area contributed by atoms with Gasteiger partial charge in [-0.05, 0) is 47.0 Å². The number of alkyl halides is 3. The van der Waals surface area contributed by atoms with E-state index in [1.54, 1.807) is 48.1 Å². The van der Waals surface area contributed by atoms with Crippen molar-refractivity contribution in [3.8, 4) is 22.5 Å². The lowest BCUT2D eigenvalue weighted by molar-refractivity contribution is -0.141. The molecule has 4 aromatic rings. The number of fused-ring (bicyclic) bond motifs is 1. The molecule has 33 heavy (non-hydrogen) atoms. The largest absolute Gasteiger partial charge is 0.433 e. The number of hydrogen-bond donors (Lipinski definition) is 2. The number of carbonyl (C=O) groups is 1. The zero-order chi connectivity index (χ0) is 23.2. The Bertz CT molecular complexity index is 1360. The zero-order valence-corrected chi connectivity index (χ0v) is 17.3. The third-order valence-electron chi connectivity index (χ3n) is 5.34. The maximum Gasteiger partial charge on any atom is 0.433 e. The summed E-state index contributed by atoms with van der Waals surface area (Å²) in [5, 5.41) is 10.4. The zero-order valence-electron chi connectivity index (χ0n) is 17.3. The van der Waals surface area contributed by atoms with Crippen LogP contribution in [0, 0.1) is 0 Å². The van der Waals surface area contributed by atoms with Crippen LogP contribution in [0.25, 0.3) is 22.5 Å². The normalized spacial score (nSPS) is 13.0. The maximum atomic E-state index is 12.9. The lowest BCUT2D eigenvalue weighted by Crippen LogP contribution is -2.12. The van der Waals surface area contributed by atoms with Crippen molar-refractivity contribution in [2.24, 2.45) is 7.05 Å². The van der Waals surface area contributed by atoms with Crippen LogP contribution in [0.5, 0.6) is 0 Å². The summed E-state index contributed by atoms with van der Waals surface area (Å²) in [4.78, 5) is 19.6. The Morgan fingerprint density at radius 1 is 1.00 bits per heavy atom. The van der Waals surface area contributed by atoms with Crippen molar-refractivity contribution in [2.45, 2.75) is 12.7 Å². The first-order valence-corrected chi connectivity index (χ1v) is 10.0. The van der Waals surface area contributed by atoms with Gasteiger partial charge in [0.05, 0.1) is 0 Å². The van der Waals surface area contributed by atoms with Crippen LogP contribution in [-0.4, -0.2) is 25.7 Å². The molecule has 1 aliphatic rings. The number of aromatic nitrogens is 4. The van der Waals surface area contributed by atoms with Crippen molar-refractivity contribution < 1.29 is 18.0 Å². The molecule has 0 spiro atoms. The molecule has 0 saturated heterocycles. The van der Waals surface area contributed by atoms with Gasteiger partial charge in [0, 0.05) is 36.6 Å². The molecular formula is C23H17F3N6O. The summed E-state index contributed by atoms with van der Waals surface area (Å²) in [6, 6.07) is 15.0.